The fraction of sp³-hybridized carbons (Fsp3) is 0.467. The maximum absolute atomic E-state index is 12.8. The maximum Gasteiger partial charge on any atom is 0.416 e. The van der Waals surface area contributed by atoms with Crippen LogP contribution in [0.4, 0.5) is 13.2 Å². The second-order valence-corrected chi connectivity index (χ2v) is 5.32. The summed E-state index contributed by atoms with van der Waals surface area (Å²) in [5, 5.41) is 2.62. The second kappa shape index (κ2) is 6.37. The average Bonchev–Trinajstić information content (AvgIpc) is 2.82. The molecule has 0 aliphatic carbocycles. The van der Waals surface area contributed by atoms with Crippen LogP contribution in [0.1, 0.15) is 36.9 Å². The number of carbonyl (C=O) groups excluding carboxylic acids is 2. The minimum absolute atomic E-state index is 0.0395. The average molecular weight is 314 g/mol. The quantitative estimate of drug-likeness (QED) is 0.928. The van der Waals surface area contributed by atoms with Gasteiger partial charge in [-0.1, -0.05) is 12.1 Å². The highest BCUT2D eigenvalue weighted by molar-refractivity contribution is 5.78. The molecule has 1 atom stereocenters. The Bertz CT molecular complexity index is 572. The van der Waals surface area contributed by atoms with Crippen LogP contribution in [0.5, 0.6) is 0 Å². The van der Waals surface area contributed by atoms with Crippen LogP contribution in [0.25, 0.3) is 0 Å². The maximum atomic E-state index is 12.8. The number of alkyl halides is 3. The predicted molar refractivity (Wildman–Crippen MR) is 73.8 cm³/mol. The summed E-state index contributed by atoms with van der Waals surface area (Å²) >= 11 is 0. The molecule has 1 aliphatic heterocycles. The van der Waals surface area contributed by atoms with Crippen LogP contribution in [-0.4, -0.2) is 29.8 Å². The summed E-state index contributed by atoms with van der Waals surface area (Å²) in [5.41, 5.74) is -0.433. The molecule has 0 bridgehead atoms. The minimum atomic E-state index is -4.44. The van der Waals surface area contributed by atoms with Gasteiger partial charge in [0.25, 0.3) is 0 Å². The van der Waals surface area contributed by atoms with Crippen molar-refractivity contribution in [1.82, 2.24) is 10.2 Å². The number of halogens is 3. The summed E-state index contributed by atoms with van der Waals surface area (Å²) < 4.78 is 38.4. The molecule has 7 heteroatoms. The fourth-order valence-corrected chi connectivity index (χ4v) is 2.53. The van der Waals surface area contributed by atoms with Crippen LogP contribution in [0.15, 0.2) is 24.3 Å². The number of nitrogens with zero attached hydrogens (tertiary/aromatic N) is 1. The predicted octanol–water partition coefficient (Wildman–Crippen LogP) is 2.51. The zero-order valence-electron chi connectivity index (χ0n) is 12.1. The van der Waals surface area contributed by atoms with Gasteiger partial charge in [-0.15, -0.1) is 0 Å². The molecule has 4 nitrogen and oxygen atoms in total. The normalized spacial score (nSPS) is 16.7. The van der Waals surface area contributed by atoms with E-state index in [-0.39, 0.29) is 18.4 Å². The molecule has 1 aromatic rings. The summed E-state index contributed by atoms with van der Waals surface area (Å²) in [7, 11) is 0. The van der Waals surface area contributed by atoms with Crippen molar-refractivity contribution >= 4 is 11.8 Å². The zero-order chi connectivity index (χ0) is 16.3. The third kappa shape index (κ3) is 3.99. The molecule has 0 aromatic heterocycles. The molecular weight excluding hydrogens is 297 g/mol. The number of nitrogens with one attached hydrogen (secondary N) is 1. The molecule has 0 saturated carbocycles. The summed E-state index contributed by atoms with van der Waals surface area (Å²) in [6.45, 7) is 2.04. The summed E-state index contributed by atoms with van der Waals surface area (Å²) in [4.78, 5) is 24.6. The third-order valence-electron chi connectivity index (χ3n) is 3.57. The highest BCUT2D eigenvalue weighted by atomic mass is 19.4. The van der Waals surface area contributed by atoms with Crippen molar-refractivity contribution < 1.29 is 22.8 Å². The van der Waals surface area contributed by atoms with E-state index in [9.17, 15) is 22.8 Å². The lowest BCUT2D eigenvalue weighted by atomic mass is 10.0. The molecule has 1 heterocycles. The number of benzene rings is 1. The second-order valence-electron chi connectivity index (χ2n) is 5.32. The van der Waals surface area contributed by atoms with Crippen LogP contribution in [0.3, 0.4) is 0 Å². The Balaban J connectivity index is 2.25. The van der Waals surface area contributed by atoms with Crippen molar-refractivity contribution in [3.05, 3.63) is 35.4 Å². The number of likely N-dealkylation sites (tertiary alicyclic amines) is 1. The molecule has 2 amide bonds. The lowest BCUT2D eigenvalue weighted by Gasteiger charge is -2.25. The van der Waals surface area contributed by atoms with Gasteiger partial charge < -0.3 is 10.2 Å². The van der Waals surface area contributed by atoms with Crippen LogP contribution in [0.2, 0.25) is 0 Å². The molecule has 0 unspecified atom stereocenters. The topological polar surface area (TPSA) is 49.4 Å². The number of hydrogen-bond acceptors (Lipinski definition) is 2. The van der Waals surface area contributed by atoms with E-state index >= 15 is 0 Å². The number of hydrogen-bond donors (Lipinski definition) is 1. The summed E-state index contributed by atoms with van der Waals surface area (Å²) in [6.07, 6.45) is -3.27. The first-order valence-electron chi connectivity index (χ1n) is 6.99. The Hall–Kier alpha value is -2.05. The first-order valence-corrected chi connectivity index (χ1v) is 6.99. The highest BCUT2D eigenvalue weighted by Crippen LogP contribution is 2.31. The number of carbonyl (C=O) groups is 2. The molecule has 1 aromatic carbocycles. The minimum Gasteiger partial charge on any atom is -0.348 e. The van der Waals surface area contributed by atoms with Gasteiger partial charge in [0, 0.05) is 26.4 Å². The van der Waals surface area contributed by atoms with Crippen molar-refractivity contribution in [3.8, 4) is 0 Å². The van der Waals surface area contributed by atoms with Gasteiger partial charge >= 0.3 is 6.18 Å². The van der Waals surface area contributed by atoms with Gasteiger partial charge in [-0.2, -0.15) is 13.2 Å². The fourth-order valence-electron chi connectivity index (χ4n) is 2.53. The molecule has 1 aliphatic rings. The van der Waals surface area contributed by atoms with Gasteiger partial charge in [-0.05, 0) is 24.1 Å². The Morgan fingerprint density at radius 3 is 2.68 bits per heavy atom. The Morgan fingerprint density at radius 1 is 1.41 bits per heavy atom. The largest absolute Gasteiger partial charge is 0.416 e. The summed E-state index contributed by atoms with van der Waals surface area (Å²) in [6, 6.07) is 4.17. The van der Waals surface area contributed by atoms with Crippen LogP contribution in [-0.2, 0) is 15.8 Å². The molecule has 1 N–H and O–H groups in total. The van der Waals surface area contributed by atoms with Crippen molar-refractivity contribution in [3.63, 3.8) is 0 Å². The number of rotatable bonds is 4. The third-order valence-corrected chi connectivity index (χ3v) is 3.57. The SMILES string of the molecule is CC(=O)N[C@@H](CN1CCCC1=O)c1cccc(C(F)(F)F)c1. The van der Waals surface area contributed by atoms with Gasteiger partial charge in [0.15, 0.2) is 0 Å². The van der Waals surface area contributed by atoms with E-state index < -0.39 is 17.8 Å². The molecule has 2 rings (SSSR count). The molecular formula is C15H17F3N2O2. The molecule has 1 saturated heterocycles. The molecule has 120 valence electrons. The van der Waals surface area contributed by atoms with E-state index in [1.807, 2.05) is 0 Å². The number of amides is 2. The van der Waals surface area contributed by atoms with Crippen molar-refractivity contribution in [2.24, 2.45) is 0 Å². The smallest absolute Gasteiger partial charge is 0.348 e. The van der Waals surface area contributed by atoms with Gasteiger partial charge in [0.1, 0.15) is 0 Å². The Morgan fingerprint density at radius 2 is 2.14 bits per heavy atom. The summed E-state index contributed by atoms with van der Waals surface area (Å²) in [5.74, 6) is -0.392. The van der Waals surface area contributed by atoms with E-state index in [1.54, 1.807) is 4.90 Å². The van der Waals surface area contributed by atoms with Crippen molar-refractivity contribution in [2.45, 2.75) is 32.0 Å². The van der Waals surface area contributed by atoms with Crippen molar-refractivity contribution in [1.29, 1.82) is 0 Å². The first kappa shape index (κ1) is 16.3. The van der Waals surface area contributed by atoms with Crippen LogP contribution < -0.4 is 5.32 Å². The lowest BCUT2D eigenvalue weighted by Crippen LogP contribution is -2.37. The Labute approximate surface area is 126 Å². The standard InChI is InChI=1S/C15H17F3N2O2/c1-10(21)19-13(9-20-7-3-6-14(20)22)11-4-2-5-12(8-11)15(16,17)18/h2,4-5,8,13H,3,6-7,9H2,1H3,(H,19,21)/t13-/m0/s1. The zero-order valence-corrected chi connectivity index (χ0v) is 12.1. The first-order chi connectivity index (χ1) is 10.3. The van der Waals surface area contributed by atoms with Gasteiger partial charge in [0.2, 0.25) is 11.8 Å². The molecule has 0 spiro atoms. The van der Waals surface area contributed by atoms with Crippen molar-refractivity contribution in [2.75, 3.05) is 13.1 Å². The van der Waals surface area contributed by atoms with Gasteiger partial charge in [-0.3, -0.25) is 9.59 Å². The molecule has 22 heavy (non-hydrogen) atoms. The van der Waals surface area contributed by atoms with E-state index in [1.165, 1.54) is 19.1 Å². The van der Waals surface area contributed by atoms with E-state index in [0.717, 1.165) is 18.6 Å². The van der Waals surface area contributed by atoms with E-state index in [2.05, 4.69) is 5.32 Å². The van der Waals surface area contributed by atoms with Crippen LogP contribution >= 0.6 is 0 Å². The Kier molecular flexibility index (Phi) is 4.73. The van der Waals surface area contributed by atoms with Gasteiger partial charge in [0.05, 0.1) is 11.6 Å². The lowest BCUT2D eigenvalue weighted by molar-refractivity contribution is -0.137. The van der Waals surface area contributed by atoms with Gasteiger partial charge in [-0.25, -0.2) is 0 Å². The molecule has 0 radical (unpaired) electrons. The molecule has 1 fully saturated rings. The van der Waals surface area contributed by atoms with E-state index in [4.69, 9.17) is 0 Å². The highest BCUT2D eigenvalue weighted by Gasteiger charge is 2.32. The van der Waals surface area contributed by atoms with Crippen LogP contribution in [0, 0.1) is 0 Å². The van der Waals surface area contributed by atoms with E-state index in [0.29, 0.717) is 18.5 Å². The monoisotopic (exact) mass is 314 g/mol.